The Balaban J connectivity index is 2.25. The molecule has 1 aromatic carbocycles. The van der Waals surface area contributed by atoms with Gasteiger partial charge in [0.1, 0.15) is 17.9 Å². The molecule has 0 atom stereocenters. The van der Waals surface area contributed by atoms with Gasteiger partial charge in [0.2, 0.25) is 10.0 Å². The molecule has 0 aliphatic rings. The Morgan fingerprint density at radius 3 is 2.42 bits per heavy atom. The summed E-state index contributed by atoms with van der Waals surface area (Å²) >= 11 is 0. The second-order valence-electron chi connectivity index (χ2n) is 4.75. The van der Waals surface area contributed by atoms with E-state index in [1.54, 1.807) is 12.1 Å². The first-order chi connectivity index (χ1) is 11.3. The first kappa shape index (κ1) is 16.0. The topological polar surface area (TPSA) is 108 Å². The lowest BCUT2D eigenvalue weighted by atomic mass is 10.1. The van der Waals surface area contributed by atoms with Crippen molar-refractivity contribution in [1.82, 2.24) is 9.55 Å². The van der Waals surface area contributed by atoms with Crippen molar-refractivity contribution in [2.75, 3.05) is 0 Å². The molecule has 10 heteroatoms. The molecule has 0 amide bonds. The van der Waals surface area contributed by atoms with Gasteiger partial charge in [-0.3, -0.25) is 4.98 Å². The minimum absolute atomic E-state index is 0.0202. The van der Waals surface area contributed by atoms with Gasteiger partial charge in [0.25, 0.3) is 0 Å². The molecular formula is C14H9F2N3O4S. The zero-order valence-corrected chi connectivity index (χ0v) is 12.6. The number of primary sulfonamides is 1. The van der Waals surface area contributed by atoms with E-state index in [0.29, 0.717) is 5.69 Å². The monoisotopic (exact) mass is 353 g/mol. The number of benzene rings is 1. The number of pyridine rings is 1. The van der Waals surface area contributed by atoms with E-state index in [1.807, 2.05) is 0 Å². The molecule has 0 unspecified atom stereocenters. The standard InChI is InChI=1S/C14H9F2N3O4S/c15-10-4-8(5-11(16)13(10)24(17,21)22)12-7-23-14(20)19(12)9-2-1-3-18-6-9/h1-7H,(H2,17,21,22). The van der Waals surface area contributed by atoms with Gasteiger partial charge in [0.15, 0.2) is 4.90 Å². The van der Waals surface area contributed by atoms with Crippen molar-refractivity contribution in [2.45, 2.75) is 4.90 Å². The lowest BCUT2D eigenvalue weighted by Gasteiger charge is -2.08. The maximum absolute atomic E-state index is 14.0. The van der Waals surface area contributed by atoms with Crippen molar-refractivity contribution in [2.24, 2.45) is 5.14 Å². The number of aromatic nitrogens is 2. The highest BCUT2D eigenvalue weighted by molar-refractivity contribution is 7.89. The van der Waals surface area contributed by atoms with E-state index in [1.165, 1.54) is 12.4 Å². The summed E-state index contributed by atoms with van der Waals surface area (Å²) in [5, 5.41) is 4.78. The second-order valence-corrected chi connectivity index (χ2v) is 6.25. The molecule has 3 aromatic rings. The number of hydrogen-bond acceptors (Lipinski definition) is 5. The first-order valence-corrected chi connectivity index (χ1v) is 7.97. The quantitative estimate of drug-likeness (QED) is 0.766. The van der Waals surface area contributed by atoms with Crippen LogP contribution in [0.3, 0.4) is 0 Å². The molecule has 2 aromatic heterocycles. The van der Waals surface area contributed by atoms with Crippen molar-refractivity contribution in [3.63, 3.8) is 0 Å². The smallest absolute Gasteiger partial charge is 0.415 e. The van der Waals surface area contributed by atoms with E-state index >= 15 is 0 Å². The third-order valence-electron chi connectivity index (χ3n) is 3.18. The minimum Gasteiger partial charge on any atom is -0.415 e. The molecule has 0 saturated heterocycles. The number of nitrogens with two attached hydrogens (primary N) is 1. The van der Waals surface area contributed by atoms with E-state index in [0.717, 1.165) is 23.0 Å². The van der Waals surface area contributed by atoms with Crippen molar-refractivity contribution in [3.8, 4) is 16.9 Å². The van der Waals surface area contributed by atoms with E-state index in [2.05, 4.69) is 4.98 Å². The Labute approximate surface area is 134 Å². The maximum Gasteiger partial charge on any atom is 0.424 e. The van der Waals surface area contributed by atoms with Crippen LogP contribution in [0.1, 0.15) is 0 Å². The van der Waals surface area contributed by atoms with Crippen LogP contribution in [-0.4, -0.2) is 18.0 Å². The van der Waals surface area contributed by atoms with Gasteiger partial charge < -0.3 is 4.42 Å². The maximum atomic E-state index is 14.0. The number of hydrogen-bond donors (Lipinski definition) is 1. The van der Waals surface area contributed by atoms with Crippen LogP contribution in [0.15, 0.2) is 57.0 Å². The average molecular weight is 353 g/mol. The molecule has 0 spiro atoms. The van der Waals surface area contributed by atoms with Crippen molar-refractivity contribution < 1.29 is 21.6 Å². The van der Waals surface area contributed by atoms with Gasteiger partial charge in [-0.05, 0) is 24.3 Å². The average Bonchev–Trinajstić information content (AvgIpc) is 2.87. The van der Waals surface area contributed by atoms with Gasteiger partial charge in [0.05, 0.1) is 17.6 Å². The third kappa shape index (κ3) is 2.72. The van der Waals surface area contributed by atoms with Crippen LogP contribution in [0, 0.1) is 11.6 Å². The molecule has 2 heterocycles. The van der Waals surface area contributed by atoms with Crippen LogP contribution >= 0.6 is 0 Å². The van der Waals surface area contributed by atoms with E-state index < -0.39 is 32.3 Å². The second kappa shape index (κ2) is 5.65. The molecule has 0 saturated carbocycles. The summed E-state index contributed by atoms with van der Waals surface area (Å²) in [6.07, 6.45) is 3.83. The number of rotatable bonds is 3. The zero-order valence-electron chi connectivity index (χ0n) is 11.8. The fourth-order valence-electron chi connectivity index (χ4n) is 2.22. The number of oxazole rings is 1. The van der Waals surface area contributed by atoms with Crippen molar-refractivity contribution in [1.29, 1.82) is 0 Å². The first-order valence-electron chi connectivity index (χ1n) is 6.42. The van der Waals surface area contributed by atoms with Crippen LogP contribution in [0.25, 0.3) is 16.9 Å². The lowest BCUT2D eigenvalue weighted by molar-refractivity contribution is 0.504. The molecule has 0 aliphatic carbocycles. The summed E-state index contributed by atoms with van der Waals surface area (Å²) in [4.78, 5) is 14.5. The normalized spacial score (nSPS) is 11.6. The number of halogens is 2. The van der Waals surface area contributed by atoms with Gasteiger partial charge in [-0.1, -0.05) is 0 Å². The molecule has 0 fully saturated rings. The predicted molar refractivity (Wildman–Crippen MR) is 78.8 cm³/mol. The molecule has 3 rings (SSSR count). The van der Waals surface area contributed by atoms with Gasteiger partial charge in [-0.25, -0.2) is 31.7 Å². The fraction of sp³-hybridized carbons (Fsp3) is 0. The minimum atomic E-state index is -4.57. The van der Waals surface area contributed by atoms with Crippen LogP contribution in [0.5, 0.6) is 0 Å². The molecule has 0 bridgehead atoms. The summed E-state index contributed by atoms with van der Waals surface area (Å²) in [7, 11) is -4.57. The van der Waals surface area contributed by atoms with Crippen molar-refractivity contribution in [3.05, 3.63) is 65.1 Å². The molecular weight excluding hydrogens is 344 g/mol. The molecule has 7 nitrogen and oxygen atoms in total. The summed E-state index contributed by atoms with van der Waals surface area (Å²) in [5.41, 5.74) is 0.224. The Morgan fingerprint density at radius 1 is 1.21 bits per heavy atom. The fourth-order valence-corrected chi connectivity index (χ4v) is 2.88. The lowest BCUT2D eigenvalue weighted by Crippen LogP contribution is -2.17. The third-order valence-corrected chi connectivity index (χ3v) is 4.14. The Kier molecular flexibility index (Phi) is 3.78. The summed E-state index contributed by atoms with van der Waals surface area (Å²) in [6.45, 7) is 0. The van der Waals surface area contributed by atoms with Crippen LogP contribution < -0.4 is 10.9 Å². The van der Waals surface area contributed by atoms with Gasteiger partial charge >= 0.3 is 5.76 Å². The molecule has 0 aliphatic heterocycles. The van der Waals surface area contributed by atoms with E-state index in [9.17, 15) is 22.0 Å². The van der Waals surface area contributed by atoms with E-state index in [4.69, 9.17) is 9.56 Å². The molecule has 124 valence electrons. The Morgan fingerprint density at radius 2 is 1.88 bits per heavy atom. The van der Waals surface area contributed by atoms with Crippen molar-refractivity contribution >= 4 is 10.0 Å². The van der Waals surface area contributed by atoms with E-state index in [-0.39, 0.29) is 11.3 Å². The van der Waals surface area contributed by atoms with Gasteiger partial charge in [0, 0.05) is 11.8 Å². The Bertz CT molecular complexity index is 1050. The summed E-state index contributed by atoms with van der Waals surface area (Å²) in [5.74, 6) is -3.55. The number of nitrogens with zero attached hydrogens (tertiary/aromatic N) is 2. The largest absolute Gasteiger partial charge is 0.424 e. The SMILES string of the molecule is NS(=O)(=O)c1c(F)cc(-c2coc(=O)n2-c2cccnc2)cc1F. The van der Waals surface area contributed by atoms with Crippen LogP contribution in [-0.2, 0) is 10.0 Å². The number of sulfonamides is 1. The summed E-state index contributed by atoms with van der Waals surface area (Å²) in [6, 6.07) is 4.60. The zero-order chi connectivity index (χ0) is 17.5. The van der Waals surface area contributed by atoms with Gasteiger partial charge in [-0.2, -0.15) is 0 Å². The molecule has 2 N–H and O–H groups in total. The van der Waals surface area contributed by atoms with Crippen LogP contribution in [0.2, 0.25) is 0 Å². The summed E-state index contributed by atoms with van der Waals surface area (Å²) < 4.78 is 56.3. The highest BCUT2D eigenvalue weighted by Gasteiger charge is 2.23. The van der Waals surface area contributed by atoms with Gasteiger partial charge in [-0.15, -0.1) is 0 Å². The Hall–Kier alpha value is -2.85. The molecule has 0 radical (unpaired) electrons. The molecule has 24 heavy (non-hydrogen) atoms. The van der Waals surface area contributed by atoms with Crippen LogP contribution in [0.4, 0.5) is 8.78 Å². The highest BCUT2D eigenvalue weighted by Crippen LogP contribution is 2.27. The predicted octanol–water partition coefficient (Wildman–Crippen LogP) is 1.42. The highest BCUT2D eigenvalue weighted by atomic mass is 32.2.